The maximum atomic E-state index is 12.2. The first-order valence-corrected chi connectivity index (χ1v) is 8.90. The van der Waals surface area contributed by atoms with Gasteiger partial charge in [-0.2, -0.15) is 4.99 Å². The molecule has 2 aromatic carbocycles. The molecule has 0 N–H and O–H groups in total. The molecule has 0 atom stereocenters. The molecule has 1 heterocycles. The average Bonchev–Trinajstić information content (AvgIpc) is 2.94. The molecule has 0 bridgehead atoms. The highest BCUT2D eigenvalue weighted by molar-refractivity contribution is 7.16. The smallest absolute Gasteiger partial charge is 0.248 e. The number of aryl methyl sites for hydroxylation is 1. The van der Waals surface area contributed by atoms with Crippen molar-refractivity contribution in [1.82, 2.24) is 4.57 Å². The summed E-state index contributed by atoms with van der Waals surface area (Å²) < 4.78 is 3.18. The number of carbonyl (C=O) groups is 1. The van der Waals surface area contributed by atoms with Crippen LogP contribution in [0.25, 0.3) is 10.2 Å². The largest absolute Gasteiger partial charge is 0.313 e. The monoisotopic (exact) mass is 336 g/mol. The Morgan fingerprint density at radius 3 is 2.67 bits per heavy atom. The van der Waals surface area contributed by atoms with E-state index in [4.69, 9.17) is 0 Å². The molecule has 0 radical (unpaired) electrons. The van der Waals surface area contributed by atoms with Gasteiger partial charge in [-0.1, -0.05) is 59.9 Å². The first-order valence-electron chi connectivity index (χ1n) is 8.08. The minimum atomic E-state index is -0.0599. The Morgan fingerprint density at radius 1 is 1.12 bits per heavy atom. The van der Waals surface area contributed by atoms with Crippen molar-refractivity contribution in [2.24, 2.45) is 4.99 Å². The number of benzene rings is 2. The SMILES string of the molecule is C=CCn1c(=NC(=O)CCCc2ccccc2)sc2ccccc21. The highest BCUT2D eigenvalue weighted by Gasteiger charge is 2.06. The Labute approximate surface area is 145 Å². The molecule has 0 saturated heterocycles. The maximum absolute atomic E-state index is 12.2. The standard InChI is InChI=1S/C20H20N2OS/c1-2-15-22-17-12-6-7-13-18(17)24-20(22)21-19(23)14-8-11-16-9-4-3-5-10-16/h2-7,9-10,12-13H,1,8,11,14-15H2. The Hall–Kier alpha value is -2.46. The van der Waals surface area contributed by atoms with Crippen LogP contribution in [0.1, 0.15) is 18.4 Å². The summed E-state index contributed by atoms with van der Waals surface area (Å²) in [7, 11) is 0. The first kappa shape index (κ1) is 16.4. The molecular formula is C20H20N2OS. The van der Waals surface area contributed by atoms with Crippen molar-refractivity contribution in [3.8, 4) is 0 Å². The zero-order chi connectivity index (χ0) is 16.8. The number of aromatic nitrogens is 1. The summed E-state index contributed by atoms with van der Waals surface area (Å²) in [6.45, 7) is 4.46. The van der Waals surface area contributed by atoms with Crippen molar-refractivity contribution in [2.75, 3.05) is 0 Å². The van der Waals surface area contributed by atoms with Crippen molar-refractivity contribution >= 4 is 27.5 Å². The topological polar surface area (TPSA) is 34.4 Å². The van der Waals surface area contributed by atoms with Crippen LogP contribution in [0.5, 0.6) is 0 Å². The van der Waals surface area contributed by atoms with E-state index in [0.717, 1.165) is 27.9 Å². The fourth-order valence-electron chi connectivity index (χ4n) is 2.66. The van der Waals surface area contributed by atoms with E-state index in [9.17, 15) is 4.79 Å². The van der Waals surface area contributed by atoms with Crippen molar-refractivity contribution in [3.63, 3.8) is 0 Å². The van der Waals surface area contributed by atoms with Crippen LogP contribution >= 0.6 is 11.3 Å². The third-order valence-electron chi connectivity index (χ3n) is 3.82. The third-order valence-corrected chi connectivity index (χ3v) is 4.88. The normalized spacial score (nSPS) is 11.8. The summed E-state index contributed by atoms with van der Waals surface area (Å²) in [6, 6.07) is 18.3. The van der Waals surface area contributed by atoms with Crippen molar-refractivity contribution < 1.29 is 4.79 Å². The predicted octanol–water partition coefficient (Wildman–Crippen LogP) is 4.34. The quantitative estimate of drug-likeness (QED) is 0.617. The first-order chi connectivity index (χ1) is 11.8. The van der Waals surface area contributed by atoms with Gasteiger partial charge in [-0.15, -0.1) is 6.58 Å². The molecule has 1 aromatic heterocycles. The minimum Gasteiger partial charge on any atom is -0.313 e. The van der Waals surface area contributed by atoms with Gasteiger partial charge in [0.05, 0.1) is 10.2 Å². The number of nitrogens with zero attached hydrogens (tertiary/aromatic N) is 2. The lowest BCUT2D eigenvalue weighted by Gasteiger charge is -2.01. The lowest BCUT2D eigenvalue weighted by atomic mass is 10.1. The van der Waals surface area contributed by atoms with Gasteiger partial charge >= 0.3 is 0 Å². The molecule has 1 amide bonds. The number of amides is 1. The fraction of sp³-hybridized carbons (Fsp3) is 0.200. The molecule has 4 heteroatoms. The van der Waals surface area contributed by atoms with E-state index >= 15 is 0 Å². The summed E-state index contributed by atoms with van der Waals surface area (Å²) in [5.74, 6) is -0.0599. The Balaban J connectivity index is 1.75. The van der Waals surface area contributed by atoms with E-state index < -0.39 is 0 Å². The van der Waals surface area contributed by atoms with E-state index in [1.165, 1.54) is 5.56 Å². The van der Waals surface area contributed by atoms with Crippen molar-refractivity contribution in [3.05, 3.63) is 77.6 Å². The minimum absolute atomic E-state index is 0.0599. The van der Waals surface area contributed by atoms with Crippen LogP contribution in [-0.2, 0) is 17.8 Å². The van der Waals surface area contributed by atoms with Crippen LogP contribution in [0.4, 0.5) is 0 Å². The van der Waals surface area contributed by atoms with Gasteiger partial charge in [-0.3, -0.25) is 4.79 Å². The van der Waals surface area contributed by atoms with Crippen LogP contribution in [0.3, 0.4) is 0 Å². The van der Waals surface area contributed by atoms with Crippen LogP contribution in [-0.4, -0.2) is 10.5 Å². The number of carbonyl (C=O) groups excluding carboxylic acids is 1. The van der Waals surface area contributed by atoms with Crippen LogP contribution in [0.15, 0.2) is 72.2 Å². The van der Waals surface area contributed by atoms with Crippen LogP contribution in [0, 0.1) is 0 Å². The summed E-state index contributed by atoms with van der Waals surface area (Å²) in [5, 5.41) is 0. The van der Waals surface area contributed by atoms with Gasteiger partial charge in [0.25, 0.3) is 0 Å². The molecule has 0 aliphatic rings. The summed E-state index contributed by atoms with van der Waals surface area (Å²) in [5.41, 5.74) is 2.35. The molecule has 0 fully saturated rings. The molecule has 0 spiro atoms. The van der Waals surface area contributed by atoms with Gasteiger partial charge < -0.3 is 4.57 Å². The number of fused-ring (bicyclic) bond motifs is 1. The highest BCUT2D eigenvalue weighted by Crippen LogP contribution is 2.16. The fourth-order valence-corrected chi connectivity index (χ4v) is 3.72. The molecule has 0 unspecified atom stereocenters. The molecule has 0 saturated carbocycles. The number of allylic oxidation sites excluding steroid dienone is 1. The molecular weight excluding hydrogens is 316 g/mol. The van der Waals surface area contributed by atoms with E-state index in [0.29, 0.717) is 13.0 Å². The van der Waals surface area contributed by atoms with Crippen molar-refractivity contribution in [2.45, 2.75) is 25.8 Å². The Morgan fingerprint density at radius 2 is 1.88 bits per heavy atom. The van der Waals surface area contributed by atoms with Crippen molar-refractivity contribution in [1.29, 1.82) is 0 Å². The molecule has 24 heavy (non-hydrogen) atoms. The van der Waals surface area contributed by atoms with Gasteiger partial charge in [-0.25, -0.2) is 0 Å². The second-order valence-corrected chi connectivity index (χ2v) is 6.61. The van der Waals surface area contributed by atoms with E-state index in [1.54, 1.807) is 11.3 Å². The maximum Gasteiger partial charge on any atom is 0.248 e. The third kappa shape index (κ3) is 3.89. The second-order valence-electron chi connectivity index (χ2n) is 5.60. The van der Waals surface area contributed by atoms with E-state index in [-0.39, 0.29) is 5.91 Å². The van der Waals surface area contributed by atoms with Crippen LogP contribution in [0.2, 0.25) is 0 Å². The van der Waals surface area contributed by atoms with Gasteiger partial charge in [0.15, 0.2) is 4.80 Å². The molecule has 122 valence electrons. The number of hydrogen-bond acceptors (Lipinski definition) is 2. The van der Waals surface area contributed by atoms with Gasteiger partial charge in [-0.05, 0) is 30.5 Å². The average molecular weight is 336 g/mol. The lowest BCUT2D eigenvalue weighted by Crippen LogP contribution is -2.16. The summed E-state index contributed by atoms with van der Waals surface area (Å²) in [6.07, 6.45) is 4.02. The van der Waals surface area contributed by atoms with E-state index in [1.807, 2.05) is 47.0 Å². The molecule has 3 nitrogen and oxygen atoms in total. The predicted molar refractivity (Wildman–Crippen MR) is 100.0 cm³/mol. The zero-order valence-electron chi connectivity index (χ0n) is 13.5. The van der Waals surface area contributed by atoms with Gasteiger partial charge in [0.2, 0.25) is 5.91 Å². The molecule has 0 aliphatic carbocycles. The zero-order valence-corrected chi connectivity index (χ0v) is 14.3. The Bertz CT molecular complexity index is 906. The van der Waals surface area contributed by atoms with E-state index in [2.05, 4.69) is 29.8 Å². The number of hydrogen-bond donors (Lipinski definition) is 0. The van der Waals surface area contributed by atoms with Gasteiger partial charge in [0.1, 0.15) is 0 Å². The van der Waals surface area contributed by atoms with Gasteiger partial charge in [0, 0.05) is 13.0 Å². The summed E-state index contributed by atoms with van der Waals surface area (Å²) in [4.78, 5) is 17.3. The Kier molecular flexibility index (Phi) is 5.39. The second kappa shape index (κ2) is 7.88. The number of thiazole rings is 1. The number of rotatable bonds is 6. The van der Waals surface area contributed by atoms with Crippen LogP contribution < -0.4 is 4.80 Å². The number of para-hydroxylation sites is 1. The molecule has 3 aromatic rings. The molecule has 0 aliphatic heterocycles. The lowest BCUT2D eigenvalue weighted by molar-refractivity contribution is -0.118. The molecule has 3 rings (SSSR count). The highest BCUT2D eigenvalue weighted by atomic mass is 32.1. The summed E-state index contributed by atoms with van der Waals surface area (Å²) >= 11 is 1.55.